The van der Waals surface area contributed by atoms with E-state index in [1.54, 1.807) is 0 Å². The molecule has 1 aromatic carbocycles. The fourth-order valence-electron chi connectivity index (χ4n) is 7.13. The van der Waals surface area contributed by atoms with Gasteiger partial charge in [0, 0.05) is 25.2 Å². The number of fused-ring (bicyclic) bond motifs is 2. The fourth-order valence-corrected chi connectivity index (χ4v) is 7.13. The maximum absolute atomic E-state index is 11.2. The number of hydrogen-bond acceptors (Lipinski definition) is 6. The summed E-state index contributed by atoms with van der Waals surface area (Å²) in [6, 6.07) is 9.26. The first-order valence-electron chi connectivity index (χ1n) is 15.1. The van der Waals surface area contributed by atoms with Crippen LogP contribution in [0, 0.1) is 17.8 Å². The van der Waals surface area contributed by atoms with E-state index >= 15 is 0 Å². The Kier molecular flexibility index (Phi) is 7.11. The summed E-state index contributed by atoms with van der Waals surface area (Å²) in [6.45, 7) is 13.3. The van der Waals surface area contributed by atoms with E-state index in [4.69, 9.17) is 10.7 Å². The molecule has 4 atom stereocenters. The maximum atomic E-state index is 11.2. The number of H-pyrrole nitrogens is 1. The highest BCUT2D eigenvalue weighted by molar-refractivity contribution is 5.86. The van der Waals surface area contributed by atoms with Gasteiger partial charge in [-0.1, -0.05) is 40.7 Å². The normalized spacial score (nSPS) is 27.2. The molecule has 214 valence electrons. The highest BCUT2D eigenvalue weighted by Gasteiger charge is 2.43. The average Bonchev–Trinajstić information content (AvgIpc) is 3.58. The summed E-state index contributed by atoms with van der Waals surface area (Å²) in [5.41, 5.74) is 10.6. The van der Waals surface area contributed by atoms with Crippen LogP contribution >= 0.6 is 0 Å². The number of rotatable bonds is 8. The molecular weight excluding hydrogens is 498 g/mol. The smallest absolute Gasteiger partial charge is 0.145 e. The monoisotopic (exact) mass is 543 g/mol. The lowest BCUT2D eigenvalue weighted by atomic mass is 9.76. The molecule has 8 heteroatoms. The Hall–Kier alpha value is -2.97. The number of nitrogen functional groups attached to an aromatic ring is 1. The van der Waals surface area contributed by atoms with E-state index in [0.29, 0.717) is 17.8 Å². The van der Waals surface area contributed by atoms with Crippen LogP contribution in [0.15, 0.2) is 36.8 Å². The Balaban J connectivity index is 1.03. The van der Waals surface area contributed by atoms with Crippen molar-refractivity contribution < 1.29 is 5.11 Å². The van der Waals surface area contributed by atoms with Crippen LogP contribution in [0.25, 0.3) is 22.1 Å². The topological polar surface area (TPSA) is 109 Å². The molecule has 0 saturated heterocycles. The van der Waals surface area contributed by atoms with Crippen LogP contribution in [-0.4, -0.2) is 59.7 Å². The molecule has 8 nitrogen and oxygen atoms in total. The second kappa shape index (κ2) is 10.5. The molecule has 2 aliphatic carbocycles. The average molecular weight is 544 g/mol. The highest BCUT2D eigenvalue weighted by atomic mass is 16.3. The maximum Gasteiger partial charge on any atom is 0.145 e. The van der Waals surface area contributed by atoms with Crippen molar-refractivity contribution in [3.05, 3.63) is 48.2 Å². The molecule has 0 unspecified atom stereocenters. The third kappa shape index (κ3) is 5.00. The van der Waals surface area contributed by atoms with E-state index in [0.717, 1.165) is 59.7 Å². The predicted octanol–water partition coefficient (Wildman–Crippen LogP) is 5.48. The van der Waals surface area contributed by atoms with Crippen molar-refractivity contribution in [1.82, 2.24) is 29.4 Å². The number of aliphatic hydroxyl groups is 1. The Labute approximate surface area is 237 Å². The van der Waals surface area contributed by atoms with Gasteiger partial charge in [0.25, 0.3) is 0 Å². The summed E-state index contributed by atoms with van der Waals surface area (Å²) in [4.78, 5) is 19.7. The molecule has 4 N–H and O–H groups in total. The molecule has 4 aromatic rings. The van der Waals surface area contributed by atoms with Gasteiger partial charge in [-0.15, -0.1) is 0 Å². The number of nitrogens with one attached hydrogen (secondary N) is 1. The fraction of sp³-hybridized carbons (Fsp3) is 0.594. The predicted molar refractivity (Wildman–Crippen MR) is 161 cm³/mol. The van der Waals surface area contributed by atoms with Crippen molar-refractivity contribution >= 4 is 27.9 Å². The van der Waals surface area contributed by atoms with Gasteiger partial charge in [0.1, 0.15) is 23.6 Å². The van der Waals surface area contributed by atoms with Crippen LogP contribution in [0.4, 0.5) is 5.82 Å². The Morgan fingerprint density at radius 2 is 1.95 bits per heavy atom. The van der Waals surface area contributed by atoms with E-state index in [1.807, 2.05) is 12.3 Å². The standard InChI is InChI=1S/C32H45N7O/c1-6-38(17-21-15-27(29(40)19(21)2)39-12-11-24-30(33)34-18-35-31(24)39)23-13-20(14-23)7-10-28-36-25-9-8-22(32(3,4)5)16-26(25)37-28/h8-9,11-12,16,18-21,23,27,29,40H,6-7,10,13-15,17H2,1-5H3,(H,36,37)(H2,33,34,35)/t19-,20-,21-,23+,27-,29-/m1/s1. The third-order valence-electron chi connectivity index (χ3n) is 9.91. The minimum Gasteiger partial charge on any atom is -0.391 e. The molecule has 0 aliphatic heterocycles. The molecule has 0 bridgehead atoms. The first-order valence-corrected chi connectivity index (χ1v) is 15.1. The first kappa shape index (κ1) is 27.2. The number of anilines is 1. The second-order valence-corrected chi connectivity index (χ2v) is 13.4. The van der Waals surface area contributed by atoms with Crippen LogP contribution in [0.2, 0.25) is 0 Å². The van der Waals surface area contributed by atoms with E-state index in [-0.39, 0.29) is 17.4 Å². The number of aliphatic hydroxyl groups excluding tert-OH is 1. The van der Waals surface area contributed by atoms with Gasteiger partial charge in [0.05, 0.1) is 28.6 Å². The molecule has 2 fully saturated rings. The first-order chi connectivity index (χ1) is 19.1. The number of nitrogens with two attached hydrogens (primary N) is 1. The number of benzene rings is 1. The van der Waals surface area contributed by atoms with Gasteiger partial charge < -0.3 is 25.3 Å². The van der Waals surface area contributed by atoms with Crippen LogP contribution in [-0.2, 0) is 11.8 Å². The molecule has 3 aromatic heterocycles. The molecule has 6 rings (SSSR count). The van der Waals surface area contributed by atoms with Crippen molar-refractivity contribution in [1.29, 1.82) is 0 Å². The van der Waals surface area contributed by atoms with Gasteiger partial charge >= 0.3 is 0 Å². The Morgan fingerprint density at radius 3 is 2.70 bits per heavy atom. The zero-order chi connectivity index (χ0) is 28.2. The number of hydrogen-bond donors (Lipinski definition) is 3. The Morgan fingerprint density at radius 1 is 1.15 bits per heavy atom. The largest absolute Gasteiger partial charge is 0.391 e. The zero-order valence-corrected chi connectivity index (χ0v) is 24.6. The van der Waals surface area contributed by atoms with Crippen molar-refractivity contribution in [2.45, 2.75) is 90.3 Å². The summed E-state index contributed by atoms with van der Waals surface area (Å²) >= 11 is 0. The SMILES string of the molecule is CCN(C[C@H]1C[C@@H](n2ccc3c(N)ncnc32)[C@H](O)[C@@H]1C)[C@H]1C[C@@H](CCc2nc3cc(C(C)(C)C)ccc3[nH]2)C1. The van der Waals surface area contributed by atoms with Gasteiger partial charge in [-0.05, 0) is 79.2 Å². The van der Waals surface area contributed by atoms with E-state index in [2.05, 4.69) is 77.2 Å². The van der Waals surface area contributed by atoms with Gasteiger partial charge in [0.2, 0.25) is 0 Å². The van der Waals surface area contributed by atoms with Crippen LogP contribution < -0.4 is 5.73 Å². The van der Waals surface area contributed by atoms with Gasteiger partial charge in [-0.2, -0.15) is 0 Å². The van der Waals surface area contributed by atoms with E-state index in [1.165, 1.54) is 31.2 Å². The van der Waals surface area contributed by atoms with Crippen LogP contribution in [0.5, 0.6) is 0 Å². The number of imidazole rings is 1. The lowest BCUT2D eigenvalue weighted by Crippen LogP contribution is -2.47. The number of nitrogens with zero attached hydrogens (tertiary/aromatic N) is 5. The molecule has 0 spiro atoms. The van der Waals surface area contributed by atoms with Crippen molar-refractivity contribution in [3.8, 4) is 0 Å². The van der Waals surface area contributed by atoms with E-state index < -0.39 is 6.10 Å². The van der Waals surface area contributed by atoms with Crippen LogP contribution in [0.1, 0.15) is 77.7 Å². The van der Waals surface area contributed by atoms with Crippen molar-refractivity contribution in [2.75, 3.05) is 18.8 Å². The minimum atomic E-state index is -0.395. The second-order valence-electron chi connectivity index (χ2n) is 13.4. The summed E-state index contributed by atoms with van der Waals surface area (Å²) in [5.74, 6) is 3.05. The zero-order valence-electron chi connectivity index (χ0n) is 24.6. The third-order valence-corrected chi connectivity index (χ3v) is 9.91. The van der Waals surface area contributed by atoms with E-state index in [9.17, 15) is 5.11 Å². The highest BCUT2D eigenvalue weighted by Crippen LogP contribution is 2.43. The summed E-state index contributed by atoms with van der Waals surface area (Å²) < 4.78 is 2.12. The number of aryl methyl sites for hydroxylation is 1. The molecule has 40 heavy (non-hydrogen) atoms. The van der Waals surface area contributed by atoms with Gasteiger partial charge in [-0.25, -0.2) is 15.0 Å². The summed E-state index contributed by atoms with van der Waals surface area (Å²) in [5, 5.41) is 12.1. The quantitative estimate of drug-likeness (QED) is 0.272. The molecule has 2 saturated carbocycles. The van der Waals surface area contributed by atoms with Gasteiger partial charge in [-0.3, -0.25) is 0 Å². The van der Waals surface area contributed by atoms with Gasteiger partial charge in [0.15, 0.2) is 0 Å². The lowest BCUT2D eigenvalue weighted by Gasteiger charge is -2.44. The molecule has 0 amide bonds. The molecule has 3 heterocycles. The minimum absolute atomic E-state index is 0.0166. The summed E-state index contributed by atoms with van der Waals surface area (Å²) in [7, 11) is 0. The van der Waals surface area contributed by atoms with Crippen molar-refractivity contribution in [2.24, 2.45) is 17.8 Å². The Bertz CT molecular complexity index is 1480. The lowest BCUT2D eigenvalue weighted by molar-refractivity contribution is 0.0495. The number of aromatic nitrogens is 5. The van der Waals surface area contributed by atoms with Crippen LogP contribution in [0.3, 0.4) is 0 Å². The molecule has 0 radical (unpaired) electrons. The molecule has 2 aliphatic rings. The molecular formula is C32H45N7O. The number of aromatic amines is 1. The van der Waals surface area contributed by atoms with Crippen molar-refractivity contribution in [3.63, 3.8) is 0 Å². The summed E-state index contributed by atoms with van der Waals surface area (Å²) in [6.07, 6.45) is 8.79.